The molecule has 106 valence electrons. The van der Waals surface area contributed by atoms with Crippen LogP contribution in [0.25, 0.3) is 0 Å². The molecule has 0 bridgehead atoms. The van der Waals surface area contributed by atoms with Crippen LogP contribution in [-0.2, 0) is 16.0 Å². The van der Waals surface area contributed by atoms with E-state index in [1.54, 1.807) is 7.11 Å². The smallest absolute Gasteiger partial charge is 0.311 e. The maximum atomic E-state index is 11.2. The van der Waals surface area contributed by atoms with Crippen molar-refractivity contribution in [3.05, 3.63) is 33.7 Å². The summed E-state index contributed by atoms with van der Waals surface area (Å²) in [7, 11) is 2.98. The Labute approximate surface area is 129 Å². The number of thiazole rings is 1. The SMILES string of the molecule is COC(=O)Cc1csc(Nc2cc(Br)cc(OC)c2)n1. The van der Waals surface area contributed by atoms with Crippen LogP contribution < -0.4 is 10.1 Å². The lowest BCUT2D eigenvalue weighted by atomic mass is 10.3. The minimum absolute atomic E-state index is 0.177. The predicted molar refractivity (Wildman–Crippen MR) is 81.8 cm³/mol. The fourth-order valence-electron chi connectivity index (χ4n) is 1.54. The van der Waals surface area contributed by atoms with Crippen LogP contribution >= 0.6 is 27.3 Å². The molecular formula is C13H13BrN2O3S. The molecule has 0 saturated carbocycles. The fourth-order valence-corrected chi connectivity index (χ4v) is 2.74. The van der Waals surface area contributed by atoms with Gasteiger partial charge >= 0.3 is 5.97 Å². The van der Waals surface area contributed by atoms with Gasteiger partial charge in [-0.05, 0) is 12.1 Å². The van der Waals surface area contributed by atoms with Gasteiger partial charge in [-0.25, -0.2) is 4.98 Å². The molecule has 1 heterocycles. The minimum Gasteiger partial charge on any atom is -0.497 e. The number of benzene rings is 1. The van der Waals surface area contributed by atoms with Crippen molar-refractivity contribution in [3.63, 3.8) is 0 Å². The number of rotatable bonds is 5. The van der Waals surface area contributed by atoms with Gasteiger partial charge in [0, 0.05) is 21.6 Å². The van der Waals surface area contributed by atoms with Crippen molar-refractivity contribution >= 4 is 44.1 Å². The van der Waals surface area contributed by atoms with E-state index in [9.17, 15) is 4.79 Å². The molecule has 0 saturated heterocycles. The summed E-state index contributed by atoms with van der Waals surface area (Å²) in [5.74, 6) is 0.444. The number of halogens is 1. The van der Waals surface area contributed by atoms with Crippen LogP contribution in [0.5, 0.6) is 5.75 Å². The number of hydrogen-bond donors (Lipinski definition) is 1. The fraction of sp³-hybridized carbons (Fsp3) is 0.231. The number of nitrogens with one attached hydrogen (secondary N) is 1. The molecule has 1 aromatic heterocycles. The summed E-state index contributed by atoms with van der Waals surface area (Å²) in [6.07, 6.45) is 0.177. The zero-order valence-electron chi connectivity index (χ0n) is 11.0. The number of carbonyl (C=O) groups excluding carboxylic acids is 1. The van der Waals surface area contributed by atoms with Crippen molar-refractivity contribution in [2.24, 2.45) is 0 Å². The molecule has 0 aliphatic rings. The number of methoxy groups -OCH3 is 2. The second kappa shape index (κ2) is 6.71. The molecule has 2 aromatic rings. The molecule has 7 heteroatoms. The maximum absolute atomic E-state index is 11.2. The van der Waals surface area contributed by atoms with Gasteiger partial charge in [0.25, 0.3) is 0 Å². The van der Waals surface area contributed by atoms with Gasteiger partial charge < -0.3 is 14.8 Å². The molecule has 0 amide bonds. The summed E-state index contributed by atoms with van der Waals surface area (Å²) in [6, 6.07) is 5.66. The molecule has 0 unspecified atom stereocenters. The second-order valence-corrected chi connectivity index (χ2v) is 5.68. The summed E-state index contributed by atoms with van der Waals surface area (Å²) in [5.41, 5.74) is 1.54. The number of nitrogens with zero attached hydrogens (tertiary/aromatic N) is 1. The van der Waals surface area contributed by atoms with E-state index in [2.05, 4.69) is 31.0 Å². The van der Waals surface area contributed by atoms with Crippen molar-refractivity contribution in [1.82, 2.24) is 4.98 Å². The molecule has 0 atom stereocenters. The quantitative estimate of drug-likeness (QED) is 0.832. The van der Waals surface area contributed by atoms with Gasteiger partial charge in [0.05, 0.1) is 26.3 Å². The van der Waals surface area contributed by atoms with Gasteiger partial charge in [-0.1, -0.05) is 15.9 Å². The number of aromatic nitrogens is 1. The highest BCUT2D eigenvalue weighted by atomic mass is 79.9. The lowest BCUT2D eigenvalue weighted by Crippen LogP contribution is -2.04. The first-order valence-corrected chi connectivity index (χ1v) is 7.41. The molecule has 0 fully saturated rings. The zero-order chi connectivity index (χ0) is 14.5. The van der Waals surface area contributed by atoms with E-state index in [-0.39, 0.29) is 12.4 Å². The number of ether oxygens (including phenoxy) is 2. The van der Waals surface area contributed by atoms with Crippen LogP contribution in [0, 0.1) is 0 Å². The van der Waals surface area contributed by atoms with Crippen LogP contribution in [0.1, 0.15) is 5.69 Å². The summed E-state index contributed by atoms with van der Waals surface area (Å²) in [5, 5.41) is 5.72. The van der Waals surface area contributed by atoms with Crippen molar-refractivity contribution in [1.29, 1.82) is 0 Å². The minimum atomic E-state index is -0.300. The summed E-state index contributed by atoms with van der Waals surface area (Å²) >= 11 is 4.85. The van der Waals surface area contributed by atoms with E-state index in [0.717, 1.165) is 15.9 Å². The van der Waals surface area contributed by atoms with Crippen LogP contribution in [0.2, 0.25) is 0 Å². The Balaban J connectivity index is 2.10. The summed E-state index contributed by atoms with van der Waals surface area (Å²) in [6.45, 7) is 0. The third kappa shape index (κ3) is 3.94. The maximum Gasteiger partial charge on any atom is 0.311 e. The lowest BCUT2D eigenvalue weighted by Gasteiger charge is -2.06. The third-order valence-corrected chi connectivity index (χ3v) is 3.73. The van der Waals surface area contributed by atoms with E-state index >= 15 is 0 Å². The van der Waals surface area contributed by atoms with Gasteiger partial charge in [0.2, 0.25) is 0 Å². The highest BCUT2D eigenvalue weighted by molar-refractivity contribution is 9.10. The Morgan fingerprint density at radius 2 is 2.20 bits per heavy atom. The van der Waals surface area contributed by atoms with Gasteiger partial charge in [-0.15, -0.1) is 11.3 Å². The molecule has 5 nitrogen and oxygen atoms in total. The van der Waals surface area contributed by atoms with Gasteiger partial charge in [-0.3, -0.25) is 4.79 Å². The first kappa shape index (κ1) is 14.8. The average molecular weight is 357 g/mol. The predicted octanol–water partition coefficient (Wildman–Crippen LogP) is 3.37. The molecule has 1 aromatic carbocycles. The van der Waals surface area contributed by atoms with Gasteiger partial charge in [0.15, 0.2) is 5.13 Å². The standard InChI is InChI=1S/C13H13BrN2O3S/c1-18-11-4-8(14)3-9(5-11)15-13-16-10(7-20-13)6-12(17)19-2/h3-5,7H,6H2,1-2H3,(H,15,16). The number of anilines is 2. The van der Waals surface area contributed by atoms with Gasteiger partial charge in [0.1, 0.15) is 5.75 Å². The van der Waals surface area contributed by atoms with Crippen LogP contribution in [-0.4, -0.2) is 25.2 Å². The molecule has 0 spiro atoms. The van der Waals surface area contributed by atoms with Crippen LogP contribution in [0.4, 0.5) is 10.8 Å². The Morgan fingerprint density at radius 3 is 2.90 bits per heavy atom. The highest BCUT2D eigenvalue weighted by Crippen LogP contribution is 2.28. The molecule has 1 N–H and O–H groups in total. The monoisotopic (exact) mass is 356 g/mol. The Bertz CT molecular complexity index is 615. The largest absolute Gasteiger partial charge is 0.497 e. The molecule has 0 aliphatic carbocycles. The van der Waals surface area contributed by atoms with E-state index in [4.69, 9.17) is 4.74 Å². The lowest BCUT2D eigenvalue weighted by molar-refractivity contribution is -0.139. The van der Waals surface area contributed by atoms with Crippen molar-refractivity contribution in [2.75, 3.05) is 19.5 Å². The molecule has 2 rings (SSSR count). The van der Waals surface area contributed by atoms with Crippen molar-refractivity contribution in [2.45, 2.75) is 6.42 Å². The molecule has 0 radical (unpaired) electrons. The Morgan fingerprint density at radius 1 is 1.40 bits per heavy atom. The Kier molecular flexibility index (Phi) is 4.97. The number of hydrogen-bond acceptors (Lipinski definition) is 6. The van der Waals surface area contributed by atoms with E-state index in [1.807, 2.05) is 23.6 Å². The van der Waals surface area contributed by atoms with Crippen molar-refractivity contribution in [3.8, 4) is 5.75 Å². The zero-order valence-corrected chi connectivity index (χ0v) is 13.4. The van der Waals surface area contributed by atoms with Crippen LogP contribution in [0.15, 0.2) is 28.1 Å². The number of carbonyl (C=O) groups is 1. The second-order valence-electron chi connectivity index (χ2n) is 3.90. The first-order valence-electron chi connectivity index (χ1n) is 5.73. The molecule has 0 aliphatic heterocycles. The normalized spacial score (nSPS) is 10.2. The summed E-state index contributed by atoms with van der Waals surface area (Å²) < 4.78 is 10.7. The van der Waals surface area contributed by atoms with Crippen LogP contribution in [0.3, 0.4) is 0 Å². The third-order valence-electron chi connectivity index (χ3n) is 2.46. The number of esters is 1. The average Bonchev–Trinajstić information content (AvgIpc) is 2.85. The van der Waals surface area contributed by atoms with E-state index in [1.165, 1.54) is 18.4 Å². The van der Waals surface area contributed by atoms with E-state index in [0.29, 0.717) is 10.8 Å². The topological polar surface area (TPSA) is 60.5 Å². The summed E-state index contributed by atoms with van der Waals surface area (Å²) in [4.78, 5) is 15.5. The van der Waals surface area contributed by atoms with E-state index < -0.39 is 0 Å². The highest BCUT2D eigenvalue weighted by Gasteiger charge is 2.08. The van der Waals surface area contributed by atoms with Gasteiger partial charge in [-0.2, -0.15) is 0 Å². The first-order chi connectivity index (χ1) is 9.60. The Hall–Kier alpha value is -1.60. The molecule has 20 heavy (non-hydrogen) atoms. The van der Waals surface area contributed by atoms with Crippen molar-refractivity contribution < 1.29 is 14.3 Å². The molecular weight excluding hydrogens is 344 g/mol.